The molecular weight excluding hydrogens is 481 g/mol. The molecule has 1 aliphatic heterocycles. The zero-order chi connectivity index (χ0) is 19.6. The van der Waals surface area contributed by atoms with Gasteiger partial charge in [0, 0.05) is 37.9 Å². The van der Waals surface area contributed by atoms with Gasteiger partial charge < -0.3 is 25.0 Å². The number of anilines is 1. The highest BCUT2D eigenvalue weighted by Gasteiger charge is 2.15. The Labute approximate surface area is 189 Å². The Balaban J connectivity index is 0.00000300. The second-order valence-corrected chi connectivity index (χ2v) is 6.49. The van der Waals surface area contributed by atoms with Gasteiger partial charge >= 0.3 is 0 Å². The minimum absolute atomic E-state index is 0. The summed E-state index contributed by atoms with van der Waals surface area (Å²) >= 11 is 0. The van der Waals surface area contributed by atoms with Crippen molar-refractivity contribution in [3.63, 3.8) is 0 Å². The maximum absolute atomic E-state index is 5.46. The molecule has 1 saturated heterocycles. The maximum Gasteiger partial charge on any atom is 0.191 e. The van der Waals surface area contributed by atoms with Gasteiger partial charge in [0.2, 0.25) is 0 Å². The fourth-order valence-electron chi connectivity index (χ4n) is 3.09. The van der Waals surface area contributed by atoms with E-state index >= 15 is 0 Å². The average Bonchev–Trinajstić information content (AvgIpc) is 2.76. The molecule has 7 nitrogen and oxygen atoms in total. The van der Waals surface area contributed by atoms with Crippen LogP contribution in [0.2, 0.25) is 0 Å². The molecule has 0 radical (unpaired) electrons. The first-order valence-electron chi connectivity index (χ1n) is 9.72. The third kappa shape index (κ3) is 7.04. The van der Waals surface area contributed by atoms with Crippen molar-refractivity contribution in [2.75, 3.05) is 44.9 Å². The van der Waals surface area contributed by atoms with Gasteiger partial charge in [-0.05, 0) is 30.7 Å². The van der Waals surface area contributed by atoms with Crippen molar-refractivity contribution < 1.29 is 9.47 Å². The number of ether oxygens (including phenoxy) is 2. The summed E-state index contributed by atoms with van der Waals surface area (Å²) in [6.07, 6.45) is 1.84. The number of benzene rings is 1. The molecule has 0 atom stereocenters. The number of methoxy groups -OCH3 is 1. The lowest BCUT2D eigenvalue weighted by atomic mass is 10.2. The second-order valence-electron chi connectivity index (χ2n) is 6.49. The summed E-state index contributed by atoms with van der Waals surface area (Å²) in [5.41, 5.74) is 2.25. The van der Waals surface area contributed by atoms with Gasteiger partial charge in [-0.2, -0.15) is 0 Å². The topological polar surface area (TPSA) is 71.0 Å². The molecule has 0 aliphatic carbocycles. The molecule has 0 saturated carbocycles. The van der Waals surface area contributed by atoms with Crippen LogP contribution in [0.25, 0.3) is 0 Å². The maximum atomic E-state index is 5.46. The van der Waals surface area contributed by atoms with E-state index in [1.807, 2.05) is 36.5 Å². The Bertz CT molecular complexity index is 781. The Hall–Kier alpha value is -2.07. The number of halogens is 1. The van der Waals surface area contributed by atoms with E-state index in [4.69, 9.17) is 14.5 Å². The van der Waals surface area contributed by atoms with E-state index in [0.717, 1.165) is 61.5 Å². The highest BCUT2D eigenvalue weighted by Crippen LogP contribution is 2.18. The first-order chi connectivity index (χ1) is 13.8. The highest BCUT2D eigenvalue weighted by atomic mass is 127. The van der Waals surface area contributed by atoms with Crippen LogP contribution in [-0.2, 0) is 17.8 Å². The van der Waals surface area contributed by atoms with E-state index in [1.165, 1.54) is 0 Å². The third-order valence-corrected chi connectivity index (χ3v) is 4.52. The average molecular weight is 511 g/mol. The predicted octanol–water partition coefficient (Wildman–Crippen LogP) is 2.80. The zero-order valence-corrected chi connectivity index (χ0v) is 19.4. The van der Waals surface area contributed by atoms with Crippen LogP contribution in [0.5, 0.6) is 5.75 Å². The summed E-state index contributed by atoms with van der Waals surface area (Å²) in [5, 5.41) is 6.73. The van der Waals surface area contributed by atoms with E-state index in [-0.39, 0.29) is 24.0 Å². The number of nitrogens with one attached hydrogen (secondary N) is 2. The van der Waals surface area contributed by atoms with Gasteiger partial charge in [0.25, 0.3) is 0 Å². The summed E-state index contributed by atoms with van der Waals surface area (Å²) in [6.45, 7) is 7.32. The predicted molar refractivity (Wildman–Crippen MR) is 127 cm³/mol. The number of guanidine groups is 1. The van der Waals surface area contributed by atoms with E-state index in [0.29, 0.717) is 13.1 Å². The summed E-state index contributed by atoms with van der Waals surface area (Å²) in [7, 11) is 1.67. The smallest absolute Gasteiger partial charge is 0.191 e. The molecule has 0 amide bonds. The molecule has 3 rings (SSSR count). The van der Waals surface area contributed by atoms with Crippen molar-refractivity contribution in [1.29, 1.82) is 0 Å². The van der Waals surface area contributed by atoms with E-state index in [2.05, 4.69) is 33.5 Å². The van der Waals surface area contributed by atoms with Crippen molar-refractivity contribution in [2.45, 2.75) is 20.0 Å². The minimum Gasteiger partial charge on any atom is -0.497 e. The summed E-state index contributed by atoms with van der Waals surface area (Å²) in [4.78, 5) is 11.6. The first kappa shape index (κ1) is 23.2. The largest absolute Gasteiger partial charge is 0.497 e. The number of aromatic nitrogens is 1. The third-order valence-electron chi connectivity index (χ3n) is 4.52. The van der Waals surface area contributed by atoms with Crippen molar-refractivity contribution >= 4 is 35.8 Å². The van der Waals surface area contributed by atoms with Crippen molar-refractivity contribution in [1.82, 2.24) is 15.6 Å². The molecule has 1 aromatic heterocycles. The van der Waals surface area contributed by atoms with E-state index in [1.54, 1.807) is 7.11 Å². The number of hydrogen-bond donors (Lipinski definition) is 2. The molecule has 2 heterocycles. The van der Waals surface area contributed by atoms with Gasteiger partial charge in [-0.1, -0.05) is 18.2 Å². The van der Waals surface area contributed by atoms with Crippen LogP contribution in [0.1, 0.15) is 18.1 Å². The van der Waals surface area contributed by atoms with Crippen LogP contribution >= 0.6 is 24.0 Å². The summed E-state index contributed by atoms with van der Waals surface area (Å²) < 4.78 is 10.7. The van der Waals surface area contributed by atoms with Crippen LogP contribution in [0.15, 0.2) is 47.6 Å². The quantitative estimate of drug-likeness (QED) is 0.339. The van der Waals surface area contributed by atoms with Crippen LogP contribution in [0, 0.1) is 0 Å². The van der Waals surface area contributed by atoms with Crippen molar-refractivity contribution in [3.8, 4) is 5.75 Å². The van der Waals surface area contributed by atoms with Gasteiger partial charge in [-0.15, -0.1) is 24.0 Å². The molecular formula is C21H30IN5O2. The van der Waals surface area contributed by atoms with Gasteiger partial charge in [-0.3, -0.25) is 0 Å². The molecule has 2 N–H and O–H groups in total. The fourth-order valence-corrected chi connectivity index (χ4v) is 3.09. The summed E-state index contributed by atoms with van der Waals surface area (Å²) in [5.74, 6) is 2.64. The Morgan fingerprint density at radius 1 is 1.21 bits per heavy atom. The number of nitrogens with zero attached hydrogens (tertiary/aromatic N) is 3. The SMILES string of the molecule is CCNC(=NCc1cccc(OC)c1)NCc1cccnc1N1CCOCC1.I. The van der Waals surface area contributed by atoms with Crippen LogP contribution in [-0.4, -0.2) is 50.9 Å². The molecule has 1 aliphatic rings. The van der Waals surface area contributed by atoms with Crippen LogP contribution in [0.4, 0.5) is 5.82 Å². The van der Waals surface area contributed by atoms with Crippen LogP contribution in [0.3, 0.4) is 0 Å². The van der Waals surface area contributed by atoms with Crippen LogP contribution < -0.4 is 20.3 Å². The molecule has 8 heteroatoms. The lowest BCUT2D eigenvalue weighted by molar-refractivity contribution is 0.122. The van der Waals surface area contributed by atoms with E-state index in [9.17, 15) is 0 Å². The molecule has 158 valence electrons. The number of hydrogen-bond acceptors (Lipinski definition) is 5. The molecule has 0 bridgehead atoms. The number of pyridine rings is 1. The zero-order valence-electron chi connectivity index (χ0n) is 17.1. The number of rotatable bonds is 7. The number of morpholine rings is 1. The molecule has 0 spiro atoms. The number of aliphatic imine (C=N–C) groups is 1. The van der Waals surface area contributed by atoms with E-state index < -0.39 is 0 Å². The fraction of sp³-hybridized carbons (Fsp3) is 0.429. The van der Waals surface area contributed by atoms with Crippen molar-refractivity contribution in [2.24, 2.45) is 4.99 Å². The highest BCUT2D eigenvalue weighted by molar-refractivity contribution is 14.0. The van der Waals surface area contributed by atoms with Gasteiger partial charge in [-0.25, -0.2) is 9.98 Å². The first-order valence-corrected chi connectivity index (χ1v) is 9.72. The molecule has 0 unspecified atom stereocenters. The Kier molecular flexibility index (Phi) is 9.99. The molecule has 29 heavy (non-hydrogen) atoms. The second kappa shape index (κ2) is 12.5. The Morgan fingerprint density at radius 3 is 2.79 bits per heavy atom. The normalized spacial score (nSPS) is 14.1. The Morgan fingerprint density at radius 2 is 2.03 bits per heavy atom. The molecule has 1 fully saturated rings. The van der Waals surface area contributed by atoms with Gasteiger partial charge in [0.05, 0.1) is 26.9 Å². The molecule has 1 aromatic carbocycles. The monoisotopic (exact) mass is 511 g/mol. The summed E-state index contributed by atoms with van der Waals surface area (Å²) in [6, 6.07) is 12.1. The minimum atomic E-state index is 0. The van der Waals surface area contributed by atoms with Gasteiger partial charge in [0.15, 0.2) is 5.96 Å². The van der Waals surface area contributed by atoms with Gasteiger partial charge in [0.1, 0.15) is 11.6 Å². The lowest BCUT2D eigenvalue weighted by Gasteiger charge is -2.29. The molecule has 2 aromatic rings. The lowest BCUT2D eigenvalue weighted by Crippen LogP contribution is -2.39. The van der Waals surface area contributed by atoms with Crippen molar-refractivity contribution in [3.05, 3.63) is 53.7 Å². The standard InChI is InChI=1S/C21H29N5O2.HI/c1-3-22-21(24-15-17-6-4-8-19(14-17)27-2)25-16-18-7-5-9-23-20(18)26-10-12-28-13-11-26;/h4-9,14H,3,10-13,15-16H2,1-2H3,(H2,22,24,25);1H.